The van der Waals surface area contributed by atoms with Crippen molar-refractivity contribution in [1.29, 1.82) is 5.26 Å². The molecule has 21 heavy (non-hydrogen) atoms. The third-order valence-electron chi connectivity index (χ3n) is 4.98. The summed E-state index contributed by atoms with van der Waals surface area (Å²) in [6.07, 6.45) is 6.90. The highest BCUT2D eigenvalue weighted by Gasteiger charge is 2.35. The molecule has 0 aromatic heterocycles. The lowest BCUT2D eigenvalue weighted by Crippen LogP contribution is -2.50. The largest absolute Gasteiger partial charge is 0.376 e. The Morgan fingerprint density at radius 3 is 2.71 bits per heavy atom. The zero-order valence-electron chi connectivity index (χ0n) is 13.9. The Labute approximate surface area is 129 Å². The number of nitriles is 1. The lowest BCUT2D eigenvalue weighted by Gasteiger charge is -2.39. The summed E-state index contributed by atoms with van der Waals surface area (Å²) in [5, 5.41) is 13.2. The Hall–Kier alpha value is -0.630. The zero-order chi connectivity index (χ0) is 15.3. The Morgan fingerprint density at radius 2 is 2.14 bits per heavy atom. The van der Waals surface area contributed by atoms with Crippen molar-refractivity contribution in [3.8, 4) is 6.07 Å². The van der Waals surface area contributed by atoms with Crippen LogP contribution in [0.1, 0.15) is 59.3 Å². The van der Waals surface area contributed by atoms with Crippen LogP contribution in [-0.4, -0.2) is 48.3 Å². The summed E-state index contributed by atoms with van der Waals surface area (Å²) < 4.78 is 5.76. The lowest BCUT2D eigenvalue weighted by atomic mass is 9.91. The molecule has 0 amide bonds. The fourth-order valence-corrected chi connectivity index (χ4v) is 3.28. The van der Waals surface area contributed by atoms with E-state index in [0.29, 0.717) is 18.2 Å². The Bertz CT molecular complexity index is 364. The average molecular weight is 293 g/mol. The van der Waals surface area contributed by atoms with Crippen molar-refractivity contribution in [1.82, 2.24) is 10.2 Å². The van der Waals surface area contributed by atoms with Crippen molar-refractivity contribution in [2.75, 3.05) is 19.7 Å². The number of nitrogens with one attached hydrogen (secondary N) is 1. The van der Waals surface area contributed by atoms with Crippen LogP contribution < -0.4 is 5.32 Å². The van der Waals surface area contributed by atoms with Gasteiger partial charge in [0.05, 0.1) is 18.8 Å². The summed E-state index contributed by atoms with van der Waals surface area (Å²) in [6, 6.07) is 3.70. The van der Waals surface area contributed by atoms with Crippen LogP contribution in [-0.2, 0) is 4.74 Å². The van der Waals surface area contributed by atoms with Crippen molar-refractivity contribution in [2.24, 2.45) is 0 Å². The van der Waals surface area contributed by atoms with E-state index in [0.717, 1.165) is 45.4 Å². The van der Waals surface area contributed by atoms with E-state index in [2.05, 4.69) is 37.1 Å². The van der Waals surface area contributed by atoms with Gasteiger partial charge in [0.2, 0.25) is 0 Å². The van der Waals surface area contributed by atoms with Crippen molar-refractivity contribution in [2.45, 2.75) is 83.0 Å². The molecule has 0 aromatic carbocycles. The first kappa shape index (κ1) is 16.7. The first-order valence-corrected chi connectivity index (χ1v) is 8.67. The molecule has 0 radical (unpaired) electrons. The van der Waals surface area contributed by atoms with Gasteiger partial charge in [-0.15, -0.1) is 0 Å². The van der Waals surface area contributed by atoms with Crippen LogP contribution in [0.25, 0.3) is 0 Å². The molecule has 4 heteroatoms. The zero-order valence-corrected chi connectivity index (χ0v) is 13.9. The molecule has 1 heterocycles. The van der Waals surface area contributed by atoms with E-state index < -0.39 is 0 Å². The van der Waals surface area contributed by atoms with Crippen LogP contribution in [0.2, 0.25) is 0 Å². The molecule has 4 nitrogen and oxygen atoms in total. The first-order chi connectivity index (χ1) is 10.1. The lowest BCUT2D eigenvalue weighted by molar-refractivity contribution is -0.0564. The van der Waals surface area contributed by atoms with E-state index in [9.17, 15) is 5.26 Å². The maximum absolute atomic E-state index is 9.58. The maximum Gasteiger partial charge on any atom is 0.106 e. The van der Waals surface area contributed by atoms with Crippen LogP contribution in [0.4, 0.5) is 0 Å². The first-order valence-electron chi connectivity index (χ1n) is 8.67. The standard InChI is InChI=1S/C17H31N3O/c1-4-16-12-21-14(3)11-20(16)10-6-9-17(5-2,13-18)19-15-7-8-15/h14-16,19H,4-12H2,1-3H3. The molecule has 0 aromatic rings. The molecule has 1 aliphatic carbocycles. The highest BCUT2D eigenvalue weighted by molar-refractivity contribution is 5.09. The minimum absolute atomic E-state index is 0.305. The molecule has 0 bridgehead atoms. The average Bonchev–Trinajstić information content (AvgIpc) is 3.30. The molecule has 1 saturated carbocycles. The Morgan fingerprint density at radius 1 is 1.38 bits per heavy atom. The van der Waals surface area contributed by atoms with Gasteiger partial charge in [-0.1, -0.05) is 13.8 Å². The van der Waals surface area contributed by atoms with E-state index in [-0.39, 0.29) is 5.54 Å². The molecule has 0 spiro atoms. The molecule has 3 unspecified atom stereocenters. The monoisotopic (exact) mass is 293 g/mol. The topological polar surface area (TPSA) is 48.3 Å². The van der Waals surface area contributed by atoms with E-state index in [1.54, 1.807) is 0 Å². The number of rotatable bonds is 8. The number of hydrogen-bond acceptors (Lipinski definition) is 4. The fourth-order valence-electron chi connectivity index (χ4n) is 3.28. The Balaban J connectivity index is 1.81. The molecule has 120 valence electrons. The molecule has 3 atom stereocenters. The van der Waals surface area contributed by atoms with Gasteiger partial charge < -0.3 is 4.74 Å². The minimum Gasteiger partial charge on any atom is -0.376 e. The van der Waals surface area contributed by atoms with E-state index >= 15 is 0 Å². The van der Waals surface area contributed by atoms with Crippen molar-refractivity contribution < 1.29 is 4.74 Å². The third-order valence-corrected chi connectivity index (χ3v) is 4.98. The predicted octanol–water partition coefficient (Wildman–Crippen LogP) is 2.69. The molecular formula is C17H31N3O. The summed E-state index contributed by atoms with van der Waals surface area (Å²) in [5.41, 5.74) is -0.305. The van der Waals surface area contributed by atoms with Gasteiger partial charge in [0.1, 0.15) is 5.54 Å². The van der Waals surface area contributed by atoms with E-state index in [4.69, 9.17) is 4.74 Å². The number of nitrogens with zero attached hydrogens (tertiary/aromatic N) is 2. The van der Waals surface area contributed by atoms with Gasteiger partial charge in [0.25, 0.3) is 0 Å². The van der Waals surface area contributed by atoms with Gasteiger partial charge in [-0.2, -0.15) is 5.26 Å². The number of hydrogen-bond donors (Lipinski definition) is 1. The van der Waals surface area contributed by atoms with Gasteiger partial charge in [0, 0.05) is 18.6 Å². The van der Waals surface area contributed by atoms with Crippen LogP contribution >= 0.6 is 0 Å². The van der Waals surface area contributed by atoms with Gasteiger partial charge >= 0.3 is 0 Å². The maximum atomic E-state index is 9.58. The molecular weight excluding hydrogens is 262 g/mol. The molecule has 1 aliphatic heterocycles. The van der Waals surface area contributed by atoms with Crippen LogP contribution in [0.15, 0.2) is 0 Å². The summed E-state index contributed by atoms with van der Waals surface area (Å²) >= 11 is 0. The summed E-state index contributed by atoms with van der Waals surface area (Å²) in [6.45, 7) is 9.48. The third kappa shape index (κ3) is 4.67. The second-order valence-corrected chi connectivity index (χ2v) is 6.77. The number of morpholine rings is 1. The van der Waals surface area contributed by atoms with Gasteiger partial charge in [-0.05, 0) is 52.0 Å². The van der Waals surface area contributed by atoms with Gasteiger partial charge in [-0.3, -0.25) is 10.2 Å². The van der Waals surface area contributed by atoms with Crippen LogP contribution in [0.5, 0.6) is 0 Å². The predicted molar refractivity (Wildman–Crippen MR) is 85.1 cm³/mol. The highest BCUT2D eigenvalue weighted by atomic mass is 16.5. The normalized spacial score (nSPS) is 29.8. The highest BCUT2D eigenvalue weighted by Crippen LogP contribution is 2.27. The fraction of sp³-hybridized carbons (Fsp3) is 0.941. The van der Waals surface area contributed by atoms with Gasteiger partial charge in [0.15, 0.2) is 0 Å². The van der Waals surface area contributed by atoms with E-state index in [1.807, 2.05) is 0 Å². The van der Waals surface area contributed by atoms with Gasteiger partial charge in [-0.25, -0.2) is 0 Å². The molecule has 2 rings (SSSR count). The second-order valence-electron chi connectivity index (χ2n) is 6.77. The second kappa shape index (κ2) is 7.58. The van der Waals surface area contributed by atoms with Crippen molar-refractivity contribution >= 4 is 0 Å². The molecule has 1 saturated heterocycles. The summed E-state index contributed by atoms with van der Waals surface area (Å²) in [7, 11) is 0. The minimum atomic E-state index is -0.305. The summed E-state index contributed by atoms with van der Waals surface area (Å²) in [5.74, 6) is 0. The van der Waals surface area contributed by atoms with Crippen LogP contribution in [0.3, 0.4) is 0 Å². The molecule has 1 N–H and O–H groups in total. The molecule has 2 fully saturated rings. The number of ether oxygens (including phenoxy) is 1. The Kier molecular flexibility index (Phi) is 6.04. The SMILES string of the molecule is CCC1COC(C)CN1CCCC(C#N)(CC)NC1CC1. The van der Waals surface area contributed by atoms with E-state index in [1.165, 1.54) is 12.8 Å². The quantitative estimate of drug-likeness (QED) is 0.747. The van der Waals surface area contributed by atoms with Crippen molar-refractivity contribution in [3.05, 3.63) is 0 Å². The summed E-state index contributed by atoms with van der Waals surface area (Å²) in [4.78, 5) is 2.56. The van der Waals surface area contributed by atoms with Crippen LogP contribution in [0, 0.1) is 11.3 Å². The molecule has 2 aliphatic rings. The van der Waals surface area contributed by atoms with Crippen molar-refractivity contribution in [3.63, 3.8) is 0 Å². The smallest absolute Gasteiger partial charge is 0.106 e.